The quantitative estimate of drug-likeness (QED) is 0.622. The largest absolute Gasteiger partial charge is 0.460 e. The summed E-state index contributed by atoms with van der Waals surface area (Å²) in [4.78, 5) is 27.2. The second-order valence-corrected chi connectivity index (χ2v) is 4.36. The van der Waals surface area contributed by atoms with Crippen molar-refractivity contribution in [2.45, 2.75) is 13.5 Å². The highest BCUT2D eigenvalue weighted by Crippen LogP contribution is 2.11. The van der Waals surface area contributed by atoms with E-state index in [2.05, 4.69) is 10.1 Å². The molecular formula is C13H12ClN3O3. The minimum atomic E-state index is -0.610. The summed E-state index contributed by atoms with van der Waals surface area (Å²) in [5.41, 5.74) is 0.477. The molecule has 1 aromatic carbocycles. The molecule has 0 unspecified atom stereocenters. The van der Waals surface area contributed by atoms with Crippen LogP contribution in [0.1, 0.15) is 27.9 Å². The summed E-state index contributed by atoms with van der Waals surface area (Å²) in [5.74, 6) is -0.847. The maximum Gasteiger partial charge on any atom is 0.378 e. The Morgan fingerprint density at radius 1 is 1.40 bits per heavy atom. The number of rotatable bonds is 5. The van der Waals surface area contributed by atoms with Gasteiger partial charge in [-0.25, -0.2) is 14.5 Å². The lowest BCUT2D eigenvalue weighted by Crippen LogP contribution is -2.12. The fraction of sp³-hybridized carbons (Fsp3) is 0.231. The van der Waals surface area contributed by atoms with Gasteiger partial charge in [0.15, 0.2) is 5.78 Å². The van der Waals surface area contributed by atoms with Gasteiger partial charge in [-0.3, -0.25) is 4.79 Å². The van der Waals surface area contributed by atoms with Crippen LogP contribution in [0.5, 0.6) is 0 Å². The molecule has 0 saturated carbocycles. The van der Waals surface area contributed by atoms with Gasteiger partial charge in [-0.05, 0) is 19.1 Å². The first kappa shape index (κ1) is 14.2. The third kappa shape index (κ3) is 3.42. The van der Waals surface area contributed by atoms with Crippen molar-refractivity contribution in [3.63, 3.8) is 0 Å². The van der Waals surface area contributed by atoms with Crippen LogP contribution >= 0.6 is 11.6 Å². The Bertz CT molecular complexity index is 639. The zero-order valence-electron chi connectivity index (χ0n) is 10.7. The first-order chi connectivity index (χ1) is 9.60. The van der Waals surface area contributed by atoms with Crippen molar-refractivity contribution in [3.05, 3.63) is 47.0 Å². The van der Waals surface area contributed by atoms with Crippen LogP contribution in [0.2, 0.25) is 5.02 Å². The number of ether oxygens (including phenoxy) is 1. The Kier molecular flexibility index (Phi) is 4.47. The number of hydrogen-bond acceptors (Lipinski definition) is 5. The number of esters is 1. The van der Waals surface area contributed by atoms with Crippen LogP contribution in [0, 0.1) is 0 Å². The predicted molar refractivity (Wildman–Crippen MR) is 71.8 cm³/mol. The fourth-order valence-corrected chi connectivity index (χ4v) is 1.75. The average molecular weight is 294 g/mol. The van der Waals surface area contributed by atoms with Gasteiger partial charge in [0.05, 0.1) is 6.61 Å². The topological polar surface area (TPSA) is 74.1 Å². The van der Waals surface area contributed by atoms with Crippen molar-refractivity contribution in [1.29, 1.82) is 0 Å². The molecule has 0 radical (unpaired) electrons. The number of hydrogen-bond donors (Lipinski definition) is 0. The molecule has 0 aliphatic rings. The minimum absolute atomic E-state index is 0.0211. The van der Waals surface area contributed by atoms with E-state index in [1.54, 1.807) is 31.2 Å². The number of ketones is 1. The Labute approximate surface area is 120 Å². The summed E-state index contributed by atoms with van der Waals surface area (Å²) in [5, 5.41) is 4.38. The molecular weight excluding hydrogens is 282 g/mol. The van der Waals surface area contributed by atoms with E-state index < -0.39 is 5.97 Å². The van der Waals surface area contributed by atoms with Crippen LogP contribution < -0.4 is 0 Å². The monoisotopic (exact) mass is 293 g/mol. The molecule has 6 nitrogen and oxygen atoms in total. The van der Waals surface area contributed by atoms with Crippen molar-refractivity contribution < 1.29 is 14.3 Å². The first-order valence-corrected chi connectivity index (χ1v) is 6.33. The third-order valence-electron chi connectivity index (χ3n) is 2.45. The van der Waals surface area contributed by atoms with E-state index in [0.29, 0.717) is 10.6 Å². The van der Waals surface area contributed by atoms with Crippen LogP contribution in [0.15, 0.2) is 30.6 Å². The van der Waals surface area contributed by atoms with Crippen LogP contribution in [-0.4, -0.2) is 33.1 Å². The Balaban J connectivity index is 2.07. The summed E-state index contributed by atoms with van der Waals surface area (Å²) in [6.45, 7) is 1.92. The van der Waals surface area contributed by atoms with Gasteiger partial charge >= 0.3 is 5.97 Å². The first-order valence-electron chi connectivity index (χ1n) is 5.95. The van der Waals surface area contributed by atoms with Gasteiger partial charge in [0.25, 0.3) is 5.82 Å². The van der Waals surface area contributed by atoms with E-state index in [4.69, 9.17) is 16.3 Å². The van der Waals surface area contributed by atoms with E-state index >= 15 is 0 Å². The van der Waals surface area contributed by atoms with Crippen molar-refractivity contribution in [2.24, 2.45) is 0 Å². The number of nitrogens with zero attached hydrogens (tertiary/aromatic N) is 3. The molecule has 20 heavy (non-hydrogen) atoms. The van der Waals surface area contributed by atoms with E-state index in [1.807, 2.05) is 0 Å². The molecule has 0 aliphatic carbocycles. The number of aromatic nitrogens is 3. The molecule has 2 rings (SSSR count). The van der Waals surface area contributed by atoms with Gasteiger partial charge in [0, 0.05) is 10.6 Å². The molecule has 0 fully saturated rings. The maximum absolute atomic E-state index is 12.0. The molecule has 0 aliphatic heterocycles. The fourth-order valence-electron chi connectivity index (χ4n) is 1.56. The SMILES string of the molecule is CCOC(=O)c1ncn(CC(=O)c2cccc(Cl)c2)n1. The second-order valence-electron chi connectivity index (χ2n) is 3.92. The van der Waals surface area contributed by atoms with E-state index in [9.17, 15) is 9.59 Å². The molecule has 1 aromatic heterocycles. The molecule has 2 aromatic rings. The van der Waals surface area contributed by atoms with Crippen molar-refractivity contribution in [1.82, 2.24) is 14.8 Å². The second kappa shape index (κ2) is 6.29. The van der Waals surface area contributed by atoms with E-state index in [0.717, 1.165) is 0 Å². The van der Waals surface area contributed by atoms with Gasteiger partial charge in [-0.15, -0.1) is 5.10 Å². The summed E-state index contributed by atoms with van der Waals surface area (Å²) < 4.78 is 6.05. The standard InChI is InChI=1S/C13H12ClN3O3/c1-2-20-13(19)12-15-8-17(16-12)7-11(18)9-4-3-5-10(14)6-9/h3-6,8H,2,7H2,1H3. The number of carbonyl (C=O) groups is 2. The highest BCUT2D eigenvalue weighted by Gasteiger charge is 2.14. The lowest BCUT2D eigenvalue weighted by molar-refractivity contribution is 0.0511. The molecule has 104 valence electrons. The lowest BCUT2D eigenvalue weighted by atomic mass is 10.1. The molecule has 0 atom stereocenters. The molecule has 1 heterocycles. The highest BCUT2D eigenvalue weighted by molar-refractivity contribution is 6.31. The molecule has 7 heteroatoms. The molecule has 0 saturated heterocycles. The van der Waals surface area contributed by atoms with Gasteiger partial charge in [0.1, 0.15) is 12.9 Å². The zero-order chi connectivity index (χ0) is 14.5. The van der Waals surface area contributed by atoms with Crippen LogP contribution in [-0.2, 0) is 11.3 Å². The summed E-state index contributed by atoms with van der Waals surface area (Å²) >= 11 is 5.82. The average Bonchev–Trinajstić information content (AvgIpc) is 2.87. The minimum Gasteiger partial charge on any atom is -0.460 e. The van der Waals surface area contributed by atoms with Gasteiger partial charge < -0.3 is 4.74 Å². The molecule has 0 N–H and O–H groups in total. The van der Waals surface area contributed by atoms with Crippen LogP contribution in [0.4, 0.5) is 0 Å². The van der Waals surface area contributed by atoms with Crippen molar-refractivity contribution in [2.75, 3.05) is 6.61 Å². The Morgan fingerprint density at radius 3 is 2.90 bits per heavy atom. The Hall–Kier alpha value is -2.21. The van der Waals surface area contributed by atoms with Gasteiger partial charge in [-0.1, -0.05) is 23.7 Å². The Morgan fingerprint density at radius 2 is 2.20 bits per heavy atom. The normalized spacial score (nSPS) is 10.3. The van der Waals surface area contributed by atoms with Crippen molar-refractivity contribution in [3.8, 4) is 0 Å². The van der Waals surface area contributed by atoms with Crippen LogP contribution in [0.25, 0.3) is 0 Å². The highest BCUT2D eigenvalue weighted by atomic mass is 35.5. The molecule has 0 spiro atoms. The number of Topliss-reactive ketones (excluding diaryl/α,β-unsaturated/α-hetero) is 1. The lowest BCUT2D eigenvalue weighted by Gasteiger charge is -2.01. The molecule has 0 bridgehead atoms. The van der Waals surface area contributed by atoms with E-state index in [-0.39, 0.29) is 24.8 Å². The smallest absolute Gasteiger partial charge is 0.378 e. The number of carbonyl (C=O) groups excluding carboxylic acids is 2. The third-order valence-corrected chi connectivity index (χ3v) is 2.68. The van der Waals surface area contributed by atoms with E-state index in [1.165, 1.54) is 11.0 Å². The summed E-state index contributed by atoms with van der Waals surface area (Å²) in [6, 6.07) is 6.62. The summed E-state index contributed by atoms with van der Waals surface area (Å²) in [6.07, 6.45) is 1.31. The number of benzene rings is 1. The van der Waals surface area contributed by atoms with Gasteiger partial charge in [-0.2, -0.15) is 0 Å². The predicted octanol–water partition coefficient (Wildman–Crippen LogP) is 1.99. The maximum atomic E-state index is 12.0. The zero-order valence-corrected chi connectivity index (χ0v) is 11.5. The number of halogens is 1. The van der Waals surface area contributed by atoms with Crippen LogP contribution in [0.3, 0.4) is 0 Å². The van der Waals surface area contributed by atoms with Crippen molar-refractivity contribution >= 4 is 23.4 Å². The summed E-state index contributed by atoms with van der Waals surface area (Å²) in [7, 11) is 0. The molecule has 0 amide bonds. The van der Waals surface area contributed by atoms with Gasteiger partial charge in [0.2, 0.25) is 0 Å².